The molecule has 0 aliphatic heterocycles. The SMILES string of the molecule is CCOc1ccc(-c2c(C)sc3nc(C)nc(NCCc4ccc(F)cc4)c23)cc1. The molecule has 0 bridgehead atoms. The van der Waals surface area contributed by atoms with Gasteiger partial charge in [0.05, 0.1) is 12.0 Å². The van der Waals surface area contributed by atoms with E-state index in [0.29, 0.717) is 13.2 Å². The Bertz CT molecular complexity index is 1150. The van der Waals surface area contributed by atoms with Gasteiger partial charge >= 0.3 is 0 Å². The van der Waals surface area contributed by atoms with Crippen molar-refractivity contribution in [3.05, 3.63) is 70.6 Å². The Morgan fingerprint density at radius 1 is 1.00 bits per heavy atom. The number of nitrogens with zero attached hydrogens (tertiary/aromatic N) is 2. The summed E-state index contributed by atoms with van der Waals surface area (Å²) in [6.07, 6.45) is 0.784. The molecule has 2 heterocycles. The van der Waals surface area contributed by atoms with Crippen LogP contribution in [-0.4, -0.2) is 23.1 Å². The molecule has 30 heavy (non-hydrogen) atoms. The van der Waals surface area contributed by atoms with E-state index in [2.05, 4.69) is 29.4 Å². The van der Waals surface area contributed by atoms with Gasteiger partial charge in [0.1, 0.15) is 28.0 Å². The van der Waals surface area contributed by atoms with Crippen LogP contribution in [-0.2, 0) is 6.42 Å². The van der Waals surface area contributed by atoms with Crippen LogP contribution >= 0.6 is 11.3 Å². The molecule has 2 aromatic carbocycles. The van der Waals surface area contributed by atoms with E-state index < -0.39 is 0 Å². The third-order valence-electron chi connectivity index (χ3n) is 4.91. The minimum Gasteiger partial charge on any atom is -0.494 e. The first-order chi connectivity index (χ1) is 14.5. The molecule has 0 aliphatic carbocycles. The zero-order chi connectivity index (χ0) is 21.1. The standard InChI is InChI=1S/C24H24FN3OS/c1-4-29-20-11-7-18(8-12-20)21-15(2)30-24-22(21)23(27-16(3)28-24)26-14-13-17-5-9-19(25)10-6-17/h5-12H,4,13-14H2,1-3H3,(H,26,27,28). The number of nitrogens with one attached hydrogen (secondary N) is 1. The minimum atomic E-state index is -0.214. The Morgan fingerprint density at radius 2 is 1.73 bits per heavy atom. The molecule has 0 saturated heterocycles. The third kappa shape index (κ3) is 4.28. The van der Waals surface area contributed by atoms with Gasteiger partial charge in [0.2, 0.25) is 0 Å². The van der Waals surface area contributed by atoms with Crippen LogP contribution in [0.25, 0.3) is 21.3 Å². The third-order valence-corrected chi connectivity index (χ3v) is 5.91. The van der Waals surface area contributed by atoms with E-state index in [1.54, 1.807) is 11.3 Å². The van der Waals surface area contributed by atoms with Crippen LogP contribution in [0.3, 0.4) is 0 Å². The highest BCUT2D eigenvalue weighted by Gasteiger charge is 2.17. The van der Waals surface area contributed by atoms with Crippen LogP contribution in [0.1, 0.15) is 23.2 Å². The van der Waals surface area contributed by atoms with Crippen molar-refractivity contribution in [3.63, 3.8) is 0 Å². The number of halogens is 1. The molecule has 2 aromatic heterocycles. The molecule has 0 unspecified atom stereocenters. The van der Waals surface area contributed by atoms with Gasteiger partial charge < -0.3 is 10.1 Å². The van der Waals surface area contributed by atoms with E-state index in [4.69, 9.17) is 9.72 Å². The fourth-order valence-electron chi connectivity index (χ4n) is 3.55. The van der Waals surface area contributed by atoms with Crippen LogP contribution in [0.5, 0.6) is 5.75 Å². The first-order valence-electron chi connectivity index (χ1n) is 10.0. The monoisotopic (exact) mass is 421 g/mol. The van der Waals surface area contributed by atoms with E-state index in [-0.39, 0.29) is 5.82 Å². The number of aryl methyl sites for hydroxylation is 2. The smallest absolute Gasteiger partial charge is 0.139 e. The zero-order valence-electron chi connectivity index (χ0n) is 17.3. The van der Waals surface area contributed by atoms with Gasteiger partial charge in [0.25, 0.3) is 0 Å². The molecular weight excluding hydrogens is 397 g/mol. The van der Waals surface area contributed by atoms with Crippen molar-refractivity contribution in [2.24, 2.45) is 0 Å². The molecule has 1 N–H and O–H groups in total. The molecule has 0 spiro atoms. The number of ether oxygens (including phenoxy) is 1. The van der Waals surface area contributed by atoms with Crippen LogP contribution < -0.4 is 10.1 Å². The largest absolute Gasteiger partial charge is 0.494 e. The number of rotatable bonds is 7. The maximum atomic E-state index is 13.1. The second-order valence-electron chi connectivity index (χ2n) is 7.09. The summed E-state index contributed by atoms with van der Waals surface area (Å²) in [5.74, 6) is 2.23. The molecule has 154 valence electrons. The molecular formula is C24H24FN3OS. The van der Waals surface area contributed by atoms with Crippen molar-refractivity contribution in [1.29, 1.82) is 0 Å². The Balaban J connectivity index is 1.66. The predicted octanol–water partition coefficient (Wildman–Crippen LogP) is 6.17. The average molecular weight is 422 g/mol. The van der Waals surface area contributed by atoms with Crippen molar-refractivity contribution in [1.82, 2.24) is 9.97 Å². The van der Waals surface area contributed by atoms with Crippen LogP contribution in [0.2, 0.25) is 0 Å². The molecule has 6 heteroatoms. The predicted molar refractivity (Wildman–Crippen MR) is 122 cm³/mol. The second kappa shape index (κ2) is 8.79. The molecule has 0 amide bonds. The normalized spacial score (nSPS) is 11.1. The summed E-state index contributed by atoms with van der Waals surface area (Å²) in [4.78, 5) is 11.5. The van der Waals surface area contributed by atoms with Gasteiger partial charge in [-0.2, -0.15) is 0 Å². The van der Waals surface area contributed by atoms with Crippen LogP contribution in [0, 0.1) is 19.7 Å². The lowest BCUT2D eigenvalue weighted by molar-refractivity contribution is 0.340. The molecule has 0 fully saturated rings. The fraction of sp³-hybridized carbons (Fsp3) is 0.250. The molecule has 4 aromatic rings. The van der Waals surface area contributed by atoms with E-state index in [1.165, 1.54) is 17.0 Å². The van der Waals surface area contributed by atoms with Gasteiger partial charge in [0.15, 0.2) is 0 Å². The van der Waals surface area contributed by atoms with Gasteiger partial charge in [-0.15, -0.1) is 11.3 Å². The number of fused-ring (bicyclic) bond motifs is 1. The van der Waals surface area contributed by atoms with Crippen molar-refractivity contribution in [3.8, 4) is 16.9 Å². The van der Waals surface area contributed by atoms with Crippen LogP contribution in [0.4, 0.5) is 10.2 Å². The van der Waals surface area contributed by atoms with E-state index >= 15 is 0 Å². The summed E-state index contributed by atoms with van der Waals surface area (Å²) in [7, 11) is 0. The Kier molecular flexibility index (Phi) is 5.95. The molecule has 0 radical (unpaired) electrons. The highest BCUT2D eigenvalue weighted by Crippen LogP contribution is 2.41. The lowest BCUT2D eigenvalue weighted by atomic mass is 10.0. The highest BCUT2D eigenvalue weighted by molar-refractivity contribution is 7.19. The van der Waals surface area contributed by atoms with E-state index in [9.17, 15) is 4.39 Å². The Labute approximate surface area is 179 Å². The summed E-state index contributed by atoms with van der Waals surface area (Å²) in [5.41, 5.74) is 3.36. The zero-order valence-corrected chi connectivity index (χ0v) is 18.1. The van der Waals surface area contributed by atoms with Gasteiger partial charge in [-0.05, 0) is 62.6 Å². The van der Waals surface area contributed by atoms with E-state index in [0.717, 1.165) is 50.7 Å². The van der Waals surface area contributed by atoms with Crippen LogP contribution in [0.15, 0.2) is 48.5 Å². The summed E-state index contributed by atoms with van der Waals surface area (Å²) in [5, 5.41) is 4.53. The Morgan fingerprint density at radius 3 is 2.43 bits per heavy atom. The van der Waals surface area contributed by atoms with Gasteiger partial charge in [0, 0.05) is 17.0 Å². The van der Waals surface area contributed by atoms with Crippen molar-refractivity contribution in [2.45, 2.75) is 27.2 Å². The maximum Gasteiger partial charge on any atom is 0.139 e. The maximum absolute atomic E-state index is 13.1. The molecule has 4 nitrogen and oxygen atoms in total. The Hall–Kier alpha value is -2.99. The number of benzene rings is 2. The van der Waals surface area contributed by atoms with Gasteiger partial charge in [-0.3, -0.25) is 0 Å². The van der Waals surface area contributed by atoms with Crippen molar-refractivity contribution < 1.29 is 9.13 Å². The van der Waals surface area contributed by atoms with Gasteiger partial charge in [-0.1, -0.05) is 24.3 Å². The fourth-order valence-corrected chi connectivity index (χ4v) is 4.64. The first kappa shape index (κ1) is 20.3. The first-order valence-corrected chi connectivity index (χ1v) is 10.9. The quantitative estimate of drug-likeness (QED) is 0.388. The lowest BCUT2D eigenvalue weighted by Gasteiger charge is -2.11. The minimum absolute atomic E-state index is 0.214. The number of aromatic nitrogens is 2. The highest BCUT2D eigenvalue weighted by atomic mass is 32.1. The summed E-state index contributed by atoms with van der Waals surface area (Å²) < 4.78 is 18.7. The number of thiophene rings is 1. The molecule has 0 atom stereocenters. The summed E-state index contributed by atoms with van der Waals surface area (Å²) in [6.45, 7) is 7.36. The summed E-state index contributed by atoms with van der Waals surface area (Å²) in [6, 6.07) is 14.8. The summed E-state index contributed by atoms with van der Waals surface area (Å²) >= 11 is 1.68. The van der Waals surface area contributed by atoms with E-state index in [1.807, 2.05) is 38.1 Å². The van der Waals surface area contributed by atoms with Gasteiger partial charge in [-0.25, -0.2) is 14.4 Å². The van der Waals surface area contributed by atoms with Crippen molar-refractivity contribution in [2.75, 3.05) is 18.5 Å². The number of anilines is 1. The average Bonchev–Trinajstić information content (AvgIpc) is 3.06. The molecule has 4 rings (SSSR count). The molecule has 0 saturated carbocycles. The van der Waals surface area contributed by atoms with Crippen molar-refractivity contribution >= 4 is 27.4 Å². The molecule has 0 aliphatic rings. The second-order valence-corrected chi connectivity index (χ2v) is 8.30. The lowest BCUT2D eigenvalue weighted by Crippen LogP contribution is -2.08. The topological polar surface area (TPSA) is 47.0 Å². The number of hydrogen-bond acceptors (Lipinski definition) is 5. The number of hydrogen-bond donors (Lipinski definition) is 1.